The van der Waals surface area contributed by atoms with Gasteiger partial charge in [0.1, 0.15) is 5.75 Å². The molecular weight excluding hydrogens is 432 g/mol. The van der Waals surface area contributed by atoms with E-state index in [9.17, 15) is 9.59 Å². The van der Waals surface area contributed by atoms with Gasteiger partial charge in [0.05, 0.1) is 32.0 Å². The van der Waals surface area contributed by atoms with Crippen molar-refractivity contribution >= 4 is 35.1 Å². The van der Waals surface area contributed by atoms with E-state index >= 15 is 0 Å². The van der Waals surface area contributed by atoms with E-state index in [0.29, 0.717) is 27.6 Å². The molecular formula is C23H21ClN4O4. The summed E-state index contributed by atoms with van der Waals surface area (Å²) in [5, 5.41) is 6.30. The zero-order valence-corrected chi connectivity index (χ0v) is 18.2. The third kappa shape index (κ3) is 6.05. The molecule has 0 aliphatic carbocycles. The molecule has 3 aromatic rings. The molecule has 0 spiro atoms. The SMILES string of the molecule is COC(=O)c1ccc(C(=O)NC(=NCc2cccnc2)Nc2cc(Cl)ccc2OC)cc1. The van der Waals surface area contributed by atoms with Gasteiger partial charge >= 0.3 is 5.97 Å². The molecule has 32 heavy (non-hydrogen) atoms. The number of anilines is 1. The molecule has 1 heterocycles. The monoisotopic (exact) mass is 452 g/mol. The highest BCUT2D eigenvalue weighted by Gasteiger charge is 2.13. The smallest absolute Gasteiger partial charge is 0.337 e. The summed E-state index contributed by atoms with van der Waals surface area (Å²) in [6.45, 7) is 0.278. The topological polar surface area (TPSA) is 102 Å². The normalized spacial score (nSPS) is 10.9. The summed E-state index contributed by atoms with van der Waals surface area (Å²) >= 11 is 6.12. The molecule has 2 aromatic carbocycles. The average Bonchev–Trinajstić information content (AvgIpc) is 2.83. The lowest BCUT2D eigenvalue weighted by molar-refractivity contribution is 0.0600. The Bertz CT molecular complexity index is 1120. The molecule has 164 valence electrons. The number of pyridine rings is 1. The molecule has 1 aromatic heterocycles. The van der Waals surface area contributed by atoms with Crippen molar-refractivity contribution in [3.63, 3.8) is 0 Å². The number of rotatable bonds is 6. The van der Waals surface area contributed by atoms with E-state index < -0.39 is 11.9 Å². The highest BCUT2D eigenvalue weighted by atomic mass is 35.5. The summed E-state index contributed by atoms with van der Waals surface area (Å²) in [6.07, 6.45) is 3.36. The number of nitrogens with zero attached hydrogens (tertiary/aromatic N) is 2. The Balaban J connectivity index is 1.84. The maximum absolute atomic E-state index is 12.8. The van der Waals surface area contributed by atoms with Crippen LogP contribution in [0.3, 0.4) is 0 Å². The van der Waals surface area contributed by atoms with Gasteiger partial charge < -0.3 is 14.8 Å². The van der Waals surface area contributed by atoms with Crippen LogP contribution in [0.2, 0.25) is 5.02 Å². The van der Waals surface area contributed by atoms with E-state index in [4.69, 9.17) is 16.3 Å². The minimum absolute atomic E-state index is 0.191. The molecule has 8 nitrogen and oxygen atoms in total. The molecule has 0 bridgehead atoms. The predicted octanol–water partition coefficient (Wildman–Crippen LogP) is 3.93. The van der Waals surface area contributed by atoms with Gasteiger partial charge in [0.25, 0.3) is 5.91 Å². The third-order valence-electron chi connectivity index (χ3n) is 4.36. The fourth-order valence-electron chi connectivity index (χ4n) is 2.73. The number of nitrogens with one attached hydrogen (secondary N) is 2. The first kappa shape index (κ1) is 22.8. The zero-order chi connectivity index (χ0) is 22.9. The predicted molar refractivity (Wildman–Crippen MR) is 122 cm³/mol. The van der Waals surface area contributed by atoms with Crippen LogP contribution < -0.4 is 15.4 Å². The lowest BCUT2D eigenvalue weighted by Gasteiger charge is -2.15. The van der Waals surface area contributed by atoms with Crippen LogP contribution in [0, 0.1) is 0 Å². The van der Waals surface area contributed by atoms with Crippen molar-refractivity contribution in [1.82, 2.24) is 10.3 Å². The van der Waals surface area contributed by atoms with Crippen LogP contribution >= 0.6 is 11.6 Å². The number of esters is 1. The van der Waals surface area contributed by atoms with Crippen molar-refractivity contribution in [2.24, 2.45) is 4.99 Å². The highest BCUT2D eigenvalue weighted by Crippen LogP contribution is 2.27. The number of carbonyl (C=O) groups excluding carboxylic acids is 2. The Kier molecular flexibility index (Phi) is 7.77. The number of ether oxygens (including phenoxy) is 2. The van der Waals surface area contributed by atoms with Crippen LogP contribution in [0.25, 0.3) is 0 Å². The van der Waals surface area contributed by atoms with Gasteiger partial charge in [-0.2, -0.15) is 0 Å². The lowest BCUT2D eigenvalue weighted by atomic mass is 10.1. The van der Waals surface area contributed by atoms with Gasteiger partial charge in [-0.15, -0.1) is 0 Å². The largest absolute Gasteiger partial charge is 0.495 e. The Labute approximate surface area is 190 Å². The molecule has 0 atom stereocenters. The van der Waals surface area contributed by atoms with Gasteiger partial charge in [0.15, 0.2) is 0 Å². The van der Waals surface area contributed by atoms with Crippen molar-refractivity contribution in [1.29, 1.82) is 0 Å². The second-order valence-electron chi connectivity index (χ2n) is 6.52. The molecule has 0 saturated carbocycles. The van der Waals surface area contributed by atoms with Gasteiger partial charge in [-0.1, -0.05) is 17.7 Å². The fourth-order valence-corrected chi connectivity index (χ4v) is 2.91. The number of aromatic nitrogens is 1. The first-order valence-electron chi connectivity index (χ1n) is 9.54. The first-order valence-corrected chi connectivity index (χ1v) is 9.91. The standard InChI is InChI=1S/C23H21ClN4O4/c1-31-20-10-9-18(24)12-19(20)27-23(26-14-15-4-3-11-25-13-15)28-21(29)16-5-7-17(8-6-16)22(30)32-2/h3-13H,14H2,1-2H3,(H2,26,27,28,29). The Hall–Kier alpha value is -3.91. The fraction of sp³-hybridized carbons (Fsp3) is 0.130. The third-order valence-corrected chi connectivity index (χ3v) is 4.59. The Morgan fingerprint density at radius 3 is 2.47 bits per heavy atom. The molecule has 0 saturated heterocycles. The number of hydrogen-bond donors (Lipinski definition) is 2. The minimum Gasteiger partial charge on any atom is -0.495 e. The van der Waals surface area contributed by atoms with Crippen molar-refractivity contribution in [3.05, 3.63) is 88.7 Å². The van der Waals surface area contributed by atoms with Crippen molar-refractivity contribution in [3.8, 4) is 5.75 Å². The van der Waals surface area contributed by atoms with Crippen LogP contribution in [-0.4, -0.2) is 37.0 Å². The highest BCUT2D eigenvalue weighted by molar-refractivity contribution is 6.31. The number of benzene rings is 2. The Morgan fingerprint density at radius 1 is 1.06 bits per heavy atom. The summed E-state index contributed by atoms with van der Waals surface area (Å²) < 4.78 is 10.0. The van der Waals surface area contributed by atoms with Gasteiger partial charge in [-0.05, 0) is 54.1 Å². The second kappa shape index (κ2) is 10.9. The van der Waals surface area contributed by atoms with Crippen LogP contribution in [0.15, 0.2) is 72.0 Å². The molecule has 0 radical (unpaired) electrons. The summed E-state index contributed by atoms with van der Waals surface area (Å²) in [5.41, 5.74) is 2.08. The lowest BCUT2D eigenvalue weighted by Crippen LogP contribution is -2.36. The van der Waals surface area contributed by atoms with Gasteiger partial charge in [0, 0.05) is 23.0 Å². The van der Waals surface area contributed by atoms with E-state index in [1.54, 1.807) is 36.7 Å². The number of carbonyl (C=O) groups is 2. The van der Waals surface area contributed by atoms with Gasteiger partial charge in [-0.3, -0.25) is 15.1 Å². The molecule has 1 amide bonds. The first-order chi connectivity index (χ1) is 15.5. The van der Waals surface area contributed by atoms with Crippen LogP contribution in [0.1, 0.15) is 26.3 Å². The van der Waals surface area contributed by atoms with Crippen molar-refractivity contribution in [2.45, 2.75) is 6.54 Å². The van der Waals surface area contributed by atoms with Crippen LogP contribution in [0.4, 0.5) is 5.69 Å². The van der Waals surface area contributed by atoms with Gasteiger partial charge in [-0.25, -0.2) is 9.79 Å². The van der Waals surface area contributed by atoms with E-state index in [-0.39, 0.29) is 12.5 Å². The number of methoxy groups -OCH3 is 2. The van der Waals surface area contributed by atoms with Crippen molar-refractivity contribution < 1.29 is 19.1 Å². The average molecular weight is 453 g/mol. The van der Waals surface area contributed by atoms with Crippen LogP contribution in [0.5, 0.6) is 5.75 Å². The molecule has 2 N–H and O–H groups in total. The number of amides is 1. The van der Waals surface area contributed by atoms with E-state index in [1.165, 1.54) is 38.5 Å². The molecule has 0 aliphatic rings. The summed E-state index contributed by atoms with van der Waals surface area (Å²) in [5.74, 6) is -0.179. The summed E-state index contributed by atoms with van der Waals surface area (Å²) in [4.78, 5) is 33.0. The molecule has 3 rings (SSSR count). The molecule has 0 fully saturated rings. The number of aliphatic imine (C=N–C) groups is 1. The minimum atomic E-state index is -0.481. The Morgan fingerprint density at radius 2 is 1.81 bits per heavy atom. The summed E-state index contributed by atoms with van der Waals surface area (Å²) in [7, 11) is 2.83. The second-order valence-corrected chi connectivity index (χ2v) is 6.96. The zero-order valence-electron chi connectivity index (χ0n) is 17.5. The number of guanidine groups is 1. The maximum atomic E-state index is 12.8. The number of hydrogen-bond acceptors (Lipinski definition) is 6. The molecule has 0 unspecified atom stereocenters. The van der Waals surface area contributed by atoms with Crippen LogP contribution in [-0.2, 0) is 11.3 Å². The summed E-state index contributed by atoms with van der Waals surface area (Å²) in [6, 6.07) is 14.8. The molecule has 9 heteroatoms. The van der Waals surface area contributed by atoms with Crippen molar-refractivity contribution in [2.75, 3.05) is 19.5 Å². The quantitative estimate of drug-likeness (QED) is 0.334. The van der Waals surface area contributed by atoms with Gasteiger partial charge in [0.2, 0.25) is 5.96 Å². The van der Waals surface area contributed by atoms with E-state index in [0.717, 1.165) is 5.56 Å². The molecule has 0 aliphatic heterocycles. The maximum Gasteiger partial charge on any atom is 0.337 e. The number of halogens is 1. The van der Waals surface area contributed by atoms with E-state index in [2.05, 4.69) is 25.3 Å². The van der Waals surface area contributed by atoms with E-state index in [1.807, 2.05) is 6.07 Å².